The van der Waals surface area contributed by atoms with Gasteiger partial charge in [0, 0.05) is 12.8 Å². The van der Waals surface area contributed by atoms with Gasteiger partial charge in [-0.3, -0.25) is 4.79 Å². The molecule has 0 aliphatic heterocycles. The summed E-state index contributed by atoms with van der Waals surface area (Å²) in [6.45, 7) is 1.76. The molecular formula is C8H15N5OS. The van der Waals surface area contributed by atoms with Crippen molar-refractivity contribution in [1.82, 2.24) is 20.1 Å². The maximum atomic E-state index is 11.2. The van der Waals surface area contributed by atoms with Crippen molar-refractivity contribution in [3.8, 4) is 0 Å². The molecule has 0 aliphatic carbocycles. The van der Waals surface area contributed by atoms with Gasteiger partial charge in [0.25, 0.3) is 0 Å². The number of hydrogen-bond acceptors (Lipinski definition) is 5. The molecule has 0 radical (unpaired) electrons. The summed E-state index contributed by atoms with van der Waals surface area (Å²) < 4.78 is 1.65. The summed E-state index contributed by atoms with van der Waals surface area (Å²) in [6, 6.07) is 0. The minimum absolute atomic E-state index is 0.375. The number of nitrogens with two attached hydrogens (primary N) is 1. The van der Waals surface area contributed by atoms with Crippen LogP contribution in [0.4, 0.5) is 0 Å². The van der Waals surface area contributed by atoms with E-state index in [1.54, 1.807) is 25.7 Å². The third-order valence-electron chi connectivity index (χ3n) is 2.26. The summed E-state index contributed by atoms with van der Waals surface area (Å²) in [7, 11) is 3.51. The standard InChI is InChI=1S/C8H15N5OS/c1-8(10-2,6(9)14)4-15-7-11-5-12-13(7)3/h5,10H,4H2,1-3H3,(H2,9,14). The van der Waals surface area contributed by atoms with E-state index in [1.807, 2.05) is 0 Å². The van der Waals surface area contributed by atoms with Crippen molar-refractivity contribution < 1.29 is 4.79 Å². The number of primary amides is 1. The highest BCUT2D eigenvalue weighted by atomic mass is 32.2. The highest BCUT2D eigenvalue weighted by Crippen LogP contribution is 2.19. The monoisotopic (exact) mass is 229 g/mol. The Labute approximate surface area is 92.6 Å². The summed E-state index contributed by atoms with van der Waals surface area (Å²) in [5, 5.41) is 7.60. The van der Waals surface area contributed by atoms with E-state index < -0.39 is 5.54 Å². The second-order valence-corrected chi connectivity index (χ2v) is 4.34. The number of likely N-dealkylation sites (N-methyl/N-ethyl adjacent to an activating group) is 1. The molecule has 1 atom stereocenters. The van der Waals surface area contributed by atoms with Crippen LogP contribution in [-0.4, -0.2) is 39.0 Å². The van der Waals surface area contributed by atoms with E-state index in [0.29, 0.717) is 5.75 Å². The van der Waals surface area contributed by atoms with Crippen molar-refractivity contribution in [2.75, 3.05) is 12.8 Å². The lowest BCUT2D eigenvalue weighted by atomic mass is 10.1. The number of amides is 1. The Morgan fingerprint density at radius 3 is 2.87 bits per heavy atom. The first kappa shape index (κ1) is 12.0. The van der Waals surface area contributed by atoms with Gasteiger partial charge < -0.3 is 11.1 Å². The molecule has 0 fully saturated rings. The number of hydrogen-bond donors (Lipinski definition) is 2. The molecule has 1 aromatic heterocycles. The fourth-order valence-corrected chi connectivity index (χ4v) is 1.95. The maximum absolute atomic E-state index is 11.2. The molecule has 3 N–H and O–H groups in total. The molecule has 0 saturated carbocycles. The number of aromatic nitrogens is 3. The number of nitrogens with zero attached hydrogens (tertiary/aromatic N) is 3. The van der Waals surface area contributed by atoms with Gasteiger partial charge in [0.1, 0.15) is 11.9 Å². The molecule has 6 nitrogen and oxygen atoms in total. The highest BCUT2D eigenvalue weighted by Gasteiger charge is 2.29. The minimum Gasteiger partial charge on any atom is -0.368 e. The van der Waals surface area contributed by atoms with E-state index in [4.69, 9.17) is 5.73 Å². The van der Waals surface area contributed by atoms with Crippen LogP contribution >= 0.6 is 11.8 Å². The fraction of sp³-hybridized carbons (Fsp3) is 0.625. The van der Waals surface area contributed by atoms with E-state index in [1.165, 1.54) is 18.1 Å². The zero-order chi connectivity index (χ0) is 11.5. The summed E-state index contributed by atoms with van der Waals surface area (Å²) >= 11 is 1.44. The Kier molecular flexibility index (Phi) is 3.70. The lowest BCUT2D eigenvalue weighted by Crippen LogP contribution is -2.53. The predicted octanol–water partition coefficient (Wildman–Crippen LogP) is -0.629. The molecule has 1 rings (SSSR count). The third-order valence-corrected chi connectivity index (χ3v) is 3.60. The van der Waals surface area contributed by atoms with Crippen LogP contribution in [0.2, 0.25) is 0 Å². The second kappa shape index (κ2) is 4.63. The molecule has 0 bridgehead atoms. The molecule has 0 aromatic carbocycles. The van der Waals surface area contributed by atoms with Gasteiger partial charge in [-0.1, -0.05) is 11.8 Å². The first-order chi connectivity index (χ1) is 6.99. The number of nitrogens with one attached hydrogen (secondary N) is 1. The van der Waals surface area contributed by atoms with Crippen molar-refractivity contribution in [3.05, 3.63) is 6.33 Å². The minimum atomic E-state index is -0.726. The largest absolute Gasteiger partial charge is 0.368 e. The zero-order valence-electron chi connectivity index (χ0n) is 9.02. The number of rotatable bonds is 5. The molecule has 0 aliphatic rings. The van der Waals surface area contributed by atoms with Gasteiger partial charge >= 0.3 is 0 Å². The molecule has 1 aromatic rings. The quantitative estimate of drug-likeness (QED) is 0.657. The van der Waals surface area contributed by atoms with Crippen LogP contribution in [-0.2, 0) is 11.8 Å². The number of aryl methyl sites for hydroxylation is 1. The summed E-state index contributed by atoms with van der Waals surface area (Å²) in [4.78, 5) is 15.2. The van der Waals surface area contributed by atoms with E-state index in [9.17, 15) is 4.79 Å². The molecule has 0 spiro atoms. The number of thioether (sulfide) groups is 1. The van der Waals surface area contributed by atoms with E-state index >= 15 is 0 Å². The van der Waals surface area contributed by atoms with Crippen molar-refractivity contribution in [2.24, 2.45) is 12.8 Å². The molecule has 15 heavy (non-hydrogen) atoms. The SMILES string of the molecule is CNC(C)(CSc1ncnn1C)C(N)=O. The van der Waals surface area contributed by atoms with Crippen LogP contribution < -0.4 is 11.1 Å². The lowest BCUT2D eigenvalue weighted by Gasteiger charge is -2.24. The zero-order valence-corrected chi connectivity index (χ0v) is 9.84. The van der Waals surface area contributed by atoms with E-state index in [2.05, 4.69) is 15.4 Å². The first-order valence-corrected chi connectivity index (χ1v) is 5.44. The molecule has 1 unspecified atom stereocenters. The molecule has 7 heteroatoms. The molecule has 84 valence electrons. The van der Waals surface area contributed by atoms with Gasteiger partial charge in [-0.05, 0) is 14.0 Å². The molecule has 1 heterocycles. The van der Waals surface area contributed by atoms with Gasteiger partial charge in [-0.2, -0.15) is 5.10 Å². The number of carbonyl (C=O) groups is 1. The van der Waals surface area contributed by atoms with Crippen LogP contribution in [0.15, 0.2) is 11.5 Å². The molecule has 1 amide bonds. The Bertz CT molecular complexity index is 353. The lowest BCUT2D eigenvalue weighted by molar-refractivity contribution is -0.122. The van der Waals surface area contributed by atoms with Crippen LogP contribution in [0.1, 0.15) is 6.92 Å². The Morgan fingerprint density at radius 2 is 2.47 bits per heavy atom. The average Bonchev–Trinajstić information content (AvgIpc) is 2.60. The van der Waals surface area contributed by atoms with Crippen molar-refractivity contribution in [3.63, 3.8) is 0 Å². The normalized spacial score (nSPS) is 14.9. The molecule has 0 saturated heterocycles. The molecular weight excluding hydrogens is 214 g/mol. The Balaban J connectivity index is 2.63. The van der Waals surface area contributed by atoms with Gasteiger partial charge in [0.2, 0.25) is 5.91 Å². The Morgan fingerprint density at radius 1 is 1.80 bits per heavy atom. The van der Waals surface area contributed by atoms with Crippen LogP contribution in [0.5, 0.6) is 0 Å². The topological polar surface area (TPSA) is 85.8 Å². The van der Waals surface area contributed by atoms with E-state index in [-0.39, 0.29) is 5.91 Å². The summed E-state index contributed by atoms with van der Waals surface area (Å²) in [5.41, 5.74) is 4.58. The van der Waals surface area contributed by atoms with Crippen LogP contribution in [0, 0.1) is 0 Å². The van der Waals surface area contributed by atoms with Gasteiger partial charge in [0.05, 0.1) is 0 Å². The summed E-state index contributed by atoms with van der Waals surface area (Å²) in [5.74, 6) is 0.144. The third kappa shape index (κ3) is 2.69. The smallest absolute Gasteiger partial charge is 0.238 e. The average molecular weight is 229 g/mol. The fourth-order valence-electron chi connectivity index (χ4n) is 0.892. The second-order valence-electron chi connectivity index (χ2n) is 3.40. The van der Waals surface area contributed by atoms with Crippen LogP contribution in [0.3, 0.4) is 0 Å². The van der Waals surface area contributed by atoms with Gasteiger partial charge in [-0.15, -0.1) is 0 Å². The summed E-state index contributed by atoms with van der Waals surface area (Å²) in [6.07, 6.45) is 1.48. The van der Waals surface area contributed by atoms with Gasteiger partial charge in [-0.25, -0.2) is 9.67 Å². The van der Waals surface area contributed by atoms with Crippen LogP contribution in [0.25, 0.3) is 0 Å². The van der Waals surface area contributed by atoms with Crippen molar-refractivity contribution in [2.45, 2.75) is 17.6 Å². The van der Waals surface area contributed by atoms with Crippen molar-refractivity contribution >= 4 is 17.7 Å². The van der Waals surface area contributed by atoms with Gasteiger partial charge in [0.15, 0.2) is 5.16 Å². The van der Waals surface area contributed by atoms with E-state index in [0.717, 1.165) is 5.16 Å². The highest BCUT2D eigenvalue weighted by molar-refractivity contribution is 7.99. The Hall–Kier alpha value is -1.08. The maximum Gasteiger partial charge on any atom is 0.238 e. The predicted molar refractivity (Wildman–Crippen MR) is 58.4 cm³/mol. The first-order valence-electron chi connectivity index (χ1n) is 4.45. The van der Waals surface area contributed by atoms with Crippen molar-refractivity contribution in [1.29, 1.82) is 0 Å². The number of carbonyl (C=O) groups excluding carboxylic acids is 1.